The second-order valence-electron chi connectivity index (χ2n) is 7.74. The number of benzene rings is 1. The van der Waals surface area contributed by atoms with Gasteiger partial charge in [-0.25, -0.2) is 9.97 Å². The first-order chi connectivity index (χ1) is 18.2. The largest absolute Gasteiger partial charge is 0.480 e. The number of thiazole rings is 2. The number of anilines is 1. The van der Waals surface area contributed by atoms with Gasteiger partial charge < -0.3 is 25.5 Å². The number of hydrogen-bond acceptors (Lipinski definition) is 12. The van der Waals surface area contributed by atoms with Crippen LogP contribution in [0, 0.1) is 0 Å². The number of aliphatic carboxylic acids is 1. The van der Waals surface area contributed by atoms with E-state index in [9.17, 15) is 24.3 Å². The fourth-order valence-electron chi connectivity index (χ4n) is 3.69. The minimum atomic E-state index is -1.29. The van der Waals surface area contributed by atoms with Crippen molar-refractivity contribution in [2.75, 3.05) is 19.0 Å². The van der Waals surface area contributed by atoms with Gasteiger partial charge in [0.2, 0.25) is 6.41 Å². The highest BCUT2D eigenvalue weighted by molar-refractivity contribution is 8.77. The number of likely N-dealkylation sites (tertiary alicyclic amines) is 1. The highest BCUT2D eigenvalue weighted by Crippen LogP contribution is 2.54. The van der Waals surface area contributed by atoms with E-state index in [1.54, 1.807) is 6.92 Å². The summed E-state index contributed by atoms with van der Waals surface area (Å²) < 4.78 is 1.67. The fourth-order valence-corrected chi connectivity index (χ4v) is 8.73. The van der Waals surface area contributed by atoms with Crippen molar-refractivity contribution in [3.63, 3.8) is 0 Å². The van der Waals surface area contributed by atoms with Gasteiger partial charge in [-0.2, -0.15) is 0 Å². The molecule has 4 rings (SSSR count). The molecule has 1 aliphatic heterocycles. The number of carbonyl (C=O) groups is 4. The Balaban J connectivity index is 1.63. The van der Waals surface area contributed by atoms with E-state index in [4.69, 9.17) is 4.84 Å². The van der Waals surface area contributed by atoms with Crippen LogP contribution in [0.3, 0.4) is 0 Å². The van der Waals surface area contributed by atoms with E-state index < -0.39 is 35.2 Å². The lowest BCUT2D eigenvalue weighted by atomic mass is 9.88. The number of hydrogen-bond donors (Lipinski definition) is 3. The molecule has 3 N–H and O–H groups in total. The standard InChI is InChI=1S/C22H20N6O6S4/c1-11(2)22(38-37-21-25-12-6-4-5-7-14(12)36-21)17(19(33)28(22)8-15(30)31)26-18(32)16(27-34-3)13-9-35-20(24-13)23-10-29/h4-7,9-10,17H,1,8H2,2-3H3,(H,26,32)(H,30,31)(H,23,24,29). The minimum Gasteiger partial charge on any atom is -0.480 e. The van der Waals surface area contributed by atoms with Gasteiger partial charge >= 0.3 is 5.97 Å². The second-order valence-corrected chi connectivity index (χ2v) is 12.2. The summed E-state index contributed by atoms with van der Waals surface area (Å²) in [4.78, 5) is 62.2. The average molecular weight is 593 g/mol. The van der Waals surface area contributed by atoms with E-state index in [0.29, 0.717) is 16.3 Å². The van der Waals surface area contributed by atoms with Crippen LogP contribution in [0.5, 0.6) is 0 Å². The smallest absolute Gasteiger partial charge is 0.323 e. The first-order valence-corrected chi connectivity index (χ1v) is 14.5. The summed E-state index contributed by atoms with van der Waals surface area (Å²) in [5.41, 5.74) is 1.16. The van der Waals surface area contributed by atoms with Crippen LogP contribution in [0.15, 0.2) is 51.3 Å². The topological polar surface area (TPSA) is 163 Å². The number of aromatic nitrogens is 2. The van der Waals surface area contributed by atoms with Gasteiger partial charge in [-0.3, -0.25) is 19.2 Å². The van der Waals surface area contributed by atoms with Crippen LogP contribution in [0.4, 0.5) is 5.13 Å². The van der Waals surface area contributed by atoms with E-state index in [1.807, 2.05) is 24.3 Å². The van der Waals surface area contributed by atoms with Crippen molar-refractivity contribution in [1.29, 1.82) is 0 Å². The van der Waals surface area contributed by atoms with Gasteiger partial charge in [0.1, 0.15) is 30.3 Å². The Kier molecular flexibility index (Phi) is 8.35. The summed E-state index contributed by atoms with van der Waals surface area (Å²) in [6.45, 7) is 5.10. The third-order valence-electron chi connectivity index (χ3n) is 5.33. The molecule has 0 aliphatic carbocycles. The molecule has 2 aromatic heterocycles. The van der Waals surface area contributed by atoms with E-state index in [2.05, 4.69) is 32.3 Å². The number of carboxylic acid groups (broad SMARTS) is 1. The number of para-hydroxylation sites is 1. The molecule has 198 valence electrons. The lowest BCUT2D eigenvalue weighted by Gasteiger charge is -2.56. The number of fused-ring (bicyclic) bond motifs is 1. The normalized spacial score (nSPS) is 19.1. The van der Waals surface area contributed by atoms with Gasteiger partial charge in [0.05, 0.1) is 10.2 Å². The average Bonchev–Trinajstić information content (AvgIpc) is 3.52. The molecule has 2 atom stereocenters. The van der Waals surface area contributed by atoms with Gasteiger partial charge in [0.15, 0.2) is 15.2 Å². The Morgan fingerprint density at radius 1 is 1.37 bits per heavy atom. The molecule has 38 heavy (non-hydrogen) atoms. The molecule has 3 amide bonds. The van der Waals surface area contributed by atoms with Gasteiger partial charge in [0.25, 0.3) is 11.8 Å². The molecule has 1 aromatic carbocycles. The predicted octanol–water partition coefficient (Wildman–Crippen LogP) is 2.80. The highest BCUT2D eigenvalue weighted by atomic mass is 33.1. The van der Waals surface area contributed by atoms with Crippen LogP contribution in [0.25, 0.3) is 10.2 Å². The molecular formula is C22H20N6O6S4. The SMILES string of the molecule is C=C(C)C1(SSc2nc3ccccc3s2)C(NC(=O)C(=NOC)c2csc(NC=O)n2)C(=O)N1CC(=O)O. The summed E-state index contributed by atoms with van der Waals surface area (Å²) in [6, 6.07) is 6.44. The number of β-lactam (4-membered cyclic amide) rings is 1. The Morgan fingerprint density at radius 3 is 2.79 bits per heavy atom. The summed E-state index contributed by atoms with van der Waals surface area (Å²) in [6.07, 6.45) is 0.446. The van der Waals surface area contributed by atoms with Crippen LogP contribution in [0.2, 0.25) is 0 Å². The van der Waals surface area contributed by atoms with Crippen LogP contribution >= 0.6 is 44.3 Å². The number of nitrogens with one attached hydrogen (secondary N) is 2. The van der Waals surface area contributed by atoms with Crippen LogP contribution in [0.1, 0.15) is 12.6 Å². The van der Waals surface area contributed by atoms with Crippen molar-refractivity contribution < 1.29 is 29.1 Å². The summed E-state index contributed by atoms with van der Waals surface area (Å²) in [5.74, 6) is -2.59. The van der Waals surface area contributed by atoms with Crippen molar-refractivity contribution in [1.82, 2.24) is 20.2 Å². The zero-order valence-electron chi connectivity index (χ0n) is 19.9. The maximum absolute atomic E-state index is 13.3. The van der Waals surface area contributed by atoms with Crippen molar-refractivity contribution in [3.8, 4) is 0 Å². The molecule has 3 heterocycles. The fraction of sp³-hybridized carbons (Fsp3) is 0.227. The Bertz CT molecular complexity index is 1420. The summed E-state index contributed by atoms with van der Waals surface area (Å²) in [7, 11) is 3.69. The summed E-state index contributed by atoms with van der Waals surface area (Å²) in [5, 5.41) is 20.0. The maximum Gasteiger partial charge on any atom is 0.323 e. The van der Waals surface area contributed by atoms with E-state index in [0.717, 1.165) is 26.5 Å². The molecule has 1 aliphatic rings. The number of amides is 3. The third-order valence-corrected chi connectivity index (χ3v) is 10.6. The van der Waals surface area contributed by atoms with Crippen molar-refractivity contribution in [2.45, 2.75) is 22.2 Å². The molecule has 0 radical (unpaired) electrons. The second kappa shape index (κ2) is 11.5. The highest BCUT2D eigenvalue weighted by Gasteiger charge is 2.63. The lowest BCUT2D eigenvalue weighted by molar-refractivity contribution is -0.159. The zero-order valence-corrected chi connectivity index (χ0v) is 23.1. The molecule has 2 unspecified atom stereocenters. The minimum absolute atomic E-state index is 0.116. The molecule has 16 heteroatoms. The number of oxime groups is 1. The predicted molar refractivity (Wildman–Crippen MR) is 147 cm³/mol. The van der Waals surface area contributed by atoms with Crippen LogP contribution < -0.4 is 10.6 Å². The summed E-state index contributed by atoms with van der Waals surface area (Å²) >= 11 is 2.52. The molecule has 3 aromatic rings. The molecule has 0 bridgehead atoms. The molecule has 1 saturated heterocycles. The Hall–Kier alpha value is -3.47. The Morgan fingerprint density at radius 2 is 2.13 bits per heavy atom. The maximum atomic E-state index is 13.3. The van der Waals surface area contributed by atoms with Gasteiger partial charge in [-0.05, 0) is 35.4 Å². The van der Waals surface area contributed by atoms with E-state index >= 15 is 0 Å². The van der Waals surface area contributed by atoms with Gasteiger partial charge in [0, 0.05) is 5.38 Å². The molecule has 0 spiro atoms. The third kappa shape index (κ3) is 5.24. The first-order valence-electron chi connectivity index (χ1n) is 10.7. The monoisotopic (exact) mass is 592 g/mol. The number of nitrogens with zero attached hydrogens (tertiary/aromatic N) is 4. The zero-order chi connectivity index (χ0) is 27.4. The lowest BCUT2D eigenvalue weighted by Crippen LogP contribution is -2.78. The van der Waals surface area contributed by atoms with Crippen LogP contribution in [-0.4, -0.2) is 74.4 Å². The molecular weight excluding hydrogens is 573 g/mol. The molecule has 1 fully saturated rings. The Labute approximate surface area is 231 Å². The van der Waals surface area contributed by atoms with Gasteiger partial charge in [-0.1, -0.05) is 34.7 Å². The number of carbonyl (C=O) groups excluding carboxylic acids is 3. The van der Waals surface area contributed by atoms with E-state index in [-0.39, 0.29) is 16.5 Å². The number of rotatable bonds is 12. The van der Waals surface area contributed by atoms with E-state index in [1.165, 1.54) is 45.4 Å². The quantitative estimate of drug-likeness (QED) is 0.0712. The molecule has 12 nitrogen and oxygen atoms in total. The number of carboxylic acids is 1. The van der Waals surface area contributed by atoms with Crippen molar-refractivity contribution in [3.05, 3.63) is 47.5 Å². The molecule has 0 saturated carbocycles. The van der Waals surface area contributed by atoms with Crippen molar-refractivity contribution >= 4 is 89.5 Å². The van der Waals surface area contributed by atoms with Gasteiger partial charge in [-0.15, -0.1) is 22.7 Å². The van der Waals surface area contributed by atoms with Crippen molar-refractivity contribution in [2.24, 2.45) is 5.16 Å². The first kappa shape index (κ1) is 27.6. The van der Waals surface area contributed by atoms with Crippen LogP contribution in [-0.2, 0) is 24.0 Å².